The summed E-state index contributed by atoms with van der Waals surface area (Å²) in [5.41, 5.74) is 0.823. The summed E-state index contributed by atoms with van der Waals surface area (Å²) in [5.74, 6) is -0.503. The van der Waals surface area contributed by atoms with Crippen LogP contribution in [-0.2, 0) is 25.7 Å². The lowest BCUT2D eigenvalue weighted by Crippen LogP contribution is -2.52. The van der Waals surface area contributed by atoms with Crippen LogP contribution in [0.5, 0.6) is 0 Å². The molecule has 1 aromatic rings. The number of ether oxygens (including phenoxy) is 2. The van der Waals surface area contributed by atoms with Crippen LogP contribution in [0.1, 0.15) is 56.9 Å². The van der Waals surface area contributed by atoms with Crippen LogP contribution in [0.15, 0.2) is 18.2 Å². The highest BCUT2D eigenvalue weighted by Crippen LogP contribution is 2.33. The SMILES string of the molecule is COC1CCN(C(C(=O)Nc2cc(COC(=O)C3CC3)ccc2F)C2CCCC2)CC1. The highest BCUT2D eigenvalue weighted by molar-refractivity contribution is 5.95. The highest BCUT2D eigenvalue weighted by atomic mass is 19.1. The second-order valence-electron chi connectivity index (χ2n) is 9.15. The molecule has 1 atom stereocenters. The number of esters is 1. The molecule has 170 valence electrons. The number of carbonyl (C=O) groups is 2. The Morgan fingerprint density at radius 1 is 1.13 bits per heavy atom. The van der Waals surface area contributed by atoms with Crippen LogP contribution >= 0.6 is 0 Å². The summed E-state index contributed by atoms with van der Waals surface area (Å²) in [4.78, 5) is 27.4. The number of amides is 1. The number of hydrogen-bond donors (Lipinski definition) is 1. The second kappa shape index (κ2) is 10.1. The Morgan fingerprint density at radius 3 is 2.48 bits per heavy atom. The minimum absolute atomic E-state index is 0.0223. The molecule has 1 aliphatic heterocycles. The van der Waals surface area contributed by atoms with Gasteiger partial charge in [0.05, 0.1) is 23.8 Å². The zero-order valence-electron chi connectivity index (χ0n) is 18.3. The molecule has 2 aliphatic carbocycles. The summed E-state index contributed by atoms with van der Waals surface area (Å²) >= 11 is 0. The van der Waals surface area contributed by atoms with E-state index in [1.165, 1.54) is 6.07 Å². The number of methoxy groups -OCH3 is 1. The van der Waals surface area contributed by atoms with Gasteiger partial charge in [-0.2, -0.15) is 0 Å². The van der Waals surface area contributed by atoms with Gasteiger partial charge in [0.2, 0.25) is 5.91 Å². The van der Waals surface area contributed by atoms with Crippen molar-refractivity contribution in [2.75, 3.05) is 25.5 Å². The third kappa shape index (κ3) is 5.63. The Hall–Kier alpha value is -1.99. The number of rotatable bonds is 8. The van der Waals surface area contributed by atoms with Gasteiger partial charge in [-0.3, -0.25) is 14.5 Å². The maximum atomic E-state index is 14.5. The second-order valence-corrected chi connectivity index (χ2v) is 9.15. The molecule has 1 N–H and O–H groups in total. The first kappa shape index (κ1) is 22.2. The topological polar surface area (TPSA) is 67.9 Å². The van der Waals surface area contributed by atoms with E-state index < -0.39 is 5.82 Å². The van der Waals surface area contributed by atoms with Crippen LogP contribution in [0.4, 0.5) is 10.1 Å². The van der Waals surface area contributed by atoms with Crippen LogP contribution in [-0.4, -0.2) is 49.1 Å². The van der Waals surface area contributed by atoms with Crippen LogP contribution < -0.4 is 5.32 Å². The van der Waals surface area contributed by atoms with Gasteiger partial charge >= 0.3 is 5.97 Å². The molecule has 1 heterocycles. The van der Waals surface area contributed by atoms with Crippen molar-refractivity contribution in [2.24, 2.45) is 11.8 Å². The minimum Gasteiger partial charge on any atom is -0.461 e. The molecule has 3 aliphatic rings. The van der Waals surface area contributed by atoms with Gasteiger partial charge in [-0.1, -0.05) is 18.9 Å². The quantitative estimate of drug-likeness (QED) is 0.632. The lowest BCUT2D eigenvalue weighted by molar-refractivity contribution is -0.146. The molecule has 4 rings (SSSR count). The molecule has 6 nitrogen and oxygen atoms in total. The van der Waals surface area contributed by atoms with E-state index in [0.29, 0.717) is 11.5 Å². The Morgan fingerprint density at radius 2 is 1.84 bits per heavy atom. The smallest absolute Gasteiger partial charge is 0.309 e. The zero-order valence-corrected chi connectivity index (χ0v) is 18.3. The Kier molecular flexibility index (Phi) is 7.23. The Labute approximate surface area is 183 Å². The number of hydrogen-bond acceptors (Lipinski definition) is 5. The van der Waals surface area contributed by atoms with Crippen LogP contribution in [0, 0.1) is 17.7 Å². The predicted octanol–water partition coefficient (Wildman–Crippen LogP) is 3.89. The summed E-state index contributed by atoms with van der Waals surface area (Å²) in [6.45, 7) is 1.72. The average Bonchev–Trinajstić information content (AvgIpc) is 3.51. The van der Waals surface area contributed by atoms with Crippen molar-refractivity contribution < 1.29 is 23.5 Å². The lowest BCUT2D eigenvalue weighted by Gasteiger charge is -2.39. The third-order valence-corrected chi connectivity index (χ3v) is 6.90. The van der Waals surface area contributed by atoms with Crippen molar-refractivity contribution in [3.8, 4) is 0 Å². The Bertz CT molecular complexity index is 784. The van der Waals surface area contributed by atoms with Crippen molar-refractivity contribution in [2.45, 2.75) is 70.1 Å². The summed E-state index contributed by atoms with van der Waals surface area (Å²) in [5, 5.41) is 2.85. The van der Waals surface area contributed by atoms with E-state index in [-0.39, 0.29) is 42.2 Å². The first-order valence-corrected chi connectivity index (χ1v) is 11.6. The highest BCUT2D eigenvalue weighted by Gasteiger charge is 2.37. The van der Waals surface area contributed by atoms with Gasteiger partial charge in [0.25, 0.3) is 0 Å². The minimum atomic E-state index is -0.478. The van der Waals surface area contributed by atoms with E-state index in [0.717, 1.165) is 64.5 Å². The van der Waals surface area contributed by atoms with Gasteiger partial charge in [-0.05, 0) is 62.1 Å². The van der Waals surface area contributed by atoms with Gasteiger partial charge in [0.1, 0.15) is 12.4 Å². The van der Waals surface area contributed by atoms with E-state index in [2.05, 4.69) is 10.2 Å². The standard InChI is InChI=1S/C24H33FN2O4/c1-30-19-10-12-27(13-11-19)22(17-4-2-3-5-17)23(28)26-21-14-16(6-9-20(21)25)15-31-24(29)18-7-8-18/h6,9,14,17-19,22H,2-5,7-8,10-13,15H2,1H3,(H,26,28). The first-order chi connectivity index (χ1) is 15.0. The maximum Gasteiger partial charge on any atom is 0.309 e. The fraction of sp³-hybridized carbons (Fsp3) is 0.667. The Balaban J connectivity index is 1.43. The molecular weight excluding hydrogens is 399 g/mol. The van der Waals surface area contributed by atoms with Crippen LogP contribution in [0.3, 0.4) is 0 Å². The van der Waals surface area contributed by atoms with Crippen LogP contribution in [0.2, 0.25) is 0 Å². The molecule has 0 bridgehead atoms. The van der Waals surface area contributed by atoms with Gasteiger partial charge in [0.15, 0.2) is 0 Å². The lowest BCUT2D eigenvalue weighted by atomic mass is 9.93. The summed E-state index contributed by atoms with van der Waals surface area (Å²) in [6.07, 6.45) is 8.16. The van der Waals surface area contributed by atoms with E-state index in [4.69, 9.17) is 9.47 Å². The van der Waals surface area contributed by atoms with Gasteiger partial charge in [-0.15, -0.1) is 0 Å². The van der Waals surface area contributed by atoms with E-state index >= 15 is 0 Å². The van der Waals surface area contributed by atoms with Crippen LogP contribution in [0.25, 0.3) is 0 Å². The number of nitrogens with zero attached hydrogens (tertiary/aromatic N) is 1. The molecule has 7 heteroatoms. The van der Waals surface area contributed by atoms with E-state index in [1.807, 2.05) is 0 Å². The molecular formula is C24H33FN2O4. The van der Waals surface area contributed by atoms with Crippen molar-refractivity contribution in [3.63, 3.8) is 0 Å². The predicted molar refractivity (Wildman–Crippen MR) is 115 cm³/mol. The van der Waals surface area contributed by atoms with Gasteiger partial charge < -0.3 is 14.8 Å². The maximum absolute atomic E-state index is 14.5. The number of halogens is 1. The molecule has 1 saturated heterocycles. The molecule has 2 saturated carbocycles. The monoisotopic (exact) mass is 432 g/mol. The molecule has 1 unspecified atom stereocenters. The summed E-state index contributed by atoms with van der Waals surface area (Å²) < 4.78 is 25.3. The first-order valence-electron chi connectivity index (χ1n) is 11.6. The number of piperidine rings is 1. The zero-order chi connectivity index (χ0) is 21.8. The summed E-state index contributed by atoms with van der Waals surface area (Å²) in [7, 11) is 1.74. The van der Waals surface area contributed by atoms with Gasteiger partial charge in [-0.25, -0.2) is 4.39 Å². The normalized spacial score (nSPS) is 21.7. The molecule has 1 amide bonds. The fourth-order valence-electron chi connectivity index (χ4n) is 4.90. The van der Waals surface area contributed by atoms with Crippen molar-refractivity contribution >= 4 is 17.6 Å². The number of benzene rings is 1. The number of nitrogens with one attached hydrogen (secondary N) is 1. The molecule has 31 heavy (non-hydrogen) atoms. The molecule has 0 radical (unpaired) electrons. The van der Waals surface area contributed by atoms with Crippen molar-refractivity contribution in [3.05, 3.63) is 29.6 Å². The molecule has 0 aromatic heterocycles. The molecule has 3 fully saturated rings. The number of likely N-dealkylation sites (tertiary alicyclic amines) is 1. The largest absolute Gasteiger partial charge is 0.461 e. The summed E-state index contributed by atoms with van der Waals surface area (Å²) in [6, 6.07) is 4.24. The van der Waals surface area contributed by atoms with Crippen molar-refractivity contribution in [1.29, 1.82) is 0 Å². The third-order valence-electron chi connectivity index (χ3n) is 6.90. The van der Waals surface area contributed by atoms with Gasteiger partial charge in [0, 0.05) is 20.2 Å². The fourth-order valence-corrected chi connectivity index (χ4v) is 4.90. The molecule has 0 spiro atoms. The van der Waals surface area contributed by atoms with E-state index in [1.54, 1.807) is 19.2 Å². The van der Waals surface area contributed by atoms with E-state index in [9.17, 15) is 14.0 Å². The molecule has 1 aromatic carbocycles. The number of carbonyl (C=O) groups excluding carboxylic acids is 2. The number of anilines is 1. The average molecular weight is 433 g/mol. The van der Waals surface area contributed by atoms with Crippen molar-refractivity contribution in [1.82, 2.24) is 4.90 Å².